The van der Waals surface area contributed by atoms with E-state index in [1.54, 1.807) is 0 Å². The molecule has 15 heteroatoms. The first-order valence-corrected chi connectivity index (χ1v) is 11.0. The van der Waals surface area contributed by atoms with Gasteiger partial charge in [-0.3, -0.25) is 4.79 Å². The largest absolute Gasteiger partial charge is 0.452 e. The number of benzene rings is 3. The SMILES string of the molecule is NC(=O)COC(=O)c1ccc(C2=NOC(c3cc(C(F)(F)F)cc(C(F)(F)F)c3)(C(F)(F)F)C2)c2ccccc12. The third kappa shape index (κ3) is 5.27. The van der Waals surface area contributed by atoms with Crippen molar-refractivity contribution >= 4 is 28.4 Å². The Hall–Kier alpha value is -4.30. The zero-order valence-electron chi connectivity index (χ0n) is 19.7. The van der Waals surface area contributed by atoms with E-state index in [-0.39, 0.29) is 40.1 Å². The molecule has 40 heavy (non-hydrogen) atoms. The van der Waals surface area contributed by atoms with E-state index in [1.165, 1.54) is 24.3 Å². The maximum absolute atomic E-state index is 14.4. The fourth-order valence-corrected chi connectivity index (χ4v) is 4.18. The van der Waals surface area contributed by atoms with E-state index in [0.29, 0.717) is 0 Å². The summed E-state index contributed by atoms with van der Waals surface area (Å²) in [5.74, 6) is -1.93. The number of halogens is 9. The lowest BCUT2D eigenvalue weighted by atomic mass is 9.83. The van der Waals surface area contributed by atoms with Gasteiger partial charge < -0.3 is 15.3 Å². The Labute approximate surface area is 218 Å². The Morgan fingerprint density at radius 3 is 1.98 bits per heavy atom. The van der Waals surface area contributed by atoms with Crippen LogP contribution < -0.4 is 5.73 Å². The molecule has 1 aliphatic heterocycles. The van der Waals surface area contributed by atoms with E-state index in [2.05, 4.69) is 9.99 Å². The van der Waals surface area contributed by atoms with Crippen molar-refractivity contribution < 1.29 is 58.7 Å². The van der Waals surface area contributed by atoms with E-state index < -0.39 is 71.4 Å². The number of carbonyl (C=O) groups excluding carboxylic acids is 2. The van der Waals surface area contributed by atoms with Crippen LogP contribution in [0.5, 0.6) is 0 Å². The molecule has 2 N–H and O–H groups in total. The number of carbonyl (C=O) groups is 2. The van der Waals surface area contributed by atoms with Gasteiger partial charge in [-0.2, -0.15) is 39.5 Å². The molecule has 0 aliphatic carbocycles. The van der Waals surface area contributed by atoms with Gasteiger partial charge in [-0.1, -0.05) is 35.5 Å². The second-order valence-electron chi connectivity index (χ2n) is 8.67. The van der Waals surface area contributed by atoms with Crippen LogP contribution in [0.1, 0.15) is 39.0 Å². The summed E-state index contributed by atoms with van der Waals surface area (Å²) in [5.41, 5.74) is -4.71. The second-order valence-corrected chi connectivity index (χ2v) is 8.67. The third-order valence-corrected chi connectivity index (χ3v) is 6.04. The van der Waals surface area contributed by atoms with Gasteiger partial charge in [0.05, 0.1) is 22.4 Å². The zero-order chi connectivity index (χ0) is 29.7. The highest BCUT2D eigenvalue weighted by molar-refractivity contribution is 6.15. The van der Waals surface area contributed by atoms with Crippen molar-refractivity contribution in [1.29, 1.82) is 0 Å². The molecule has 0 aromatic heterocycles. The number of primary amides is 1. The summed E-state index contributed by atoms with van der Waals surface area (Å²) in [6.45, 7) is -0.750. The van der Waals surface area contributed by atoms with Crippen LogP contribution in [0.2, 0.25) is 0 Å². The van der Waals surface area contributed by atoms with E-state index in [4.69, 9.17) is 10.5 Å². The predicted molar refractivity (Wildman–Crippen MR) is 120 cm³/mol. The molecule has 0 fully saturated rings. The van der Waals surface area contributed by atoms with Gasteiger partial charge in [0.1, 0.15) is 0 Å². The molecule has 0 radical (unpaired) electrons. The topological polar surface area (TPSA) is 91.0 Å². The molecule has 1 amide bonds. The minimum Gasteiger partial charge on any atom is -0.452 e. The number of rotatable bonds is 5. The van der Waals surface area contributed by atoms with Crippen LogP contribution in [0.25, 0.3) is 10.8 Å². The summed E-state index contributed by atoms with van der Waals surface area (Å²) in [6.07, 6.45) is -17.6. The first kappa shape index (κ1) is 28.7. The van der Waals surface area contributed by atoms with Gasteiger partial charge in [0, 0.05) is 17.5 Å². The van der Waals surface area contributed by atoms with E-state index >= 15 is 0 Å². The zero-order valence-corrected chi connectivity index (χ0v) is 19.7. The number of oxime groups is 1. The fraction of sp³-hybridized carbons (Fsp3) is 0.240. The standard InChI is InChI=1S/C25H15F9N2O4/c26-23(27,28)13-7-12(8-14(9-13)24(29,30)31)22(25(32,33)34)10-19(36-40-22)17-5-6-18(21(38)39-11-20(35)37)16-4-2-1-3-15(16)17/h1-9H,10-11H2,(H2,35,37). The Morgan fingerprint density at radius 1 is 0.875 bits per heavy atom. The van der Waals surface area contributed by atoms with Crippen molar-refractivity contribution in [3.8, 4) is 0 Å². The van der Waals surface area contributed by atoms with Crippen LogP contribution in [0.15, 0.2) is 59.8 Å². The van der Waals surface area contributed by atoms with Crippen LogP contribution >= 0.6 is 0 Å². The Kier molecular flexibility index (Phi) is 6.97. The molecule has 0 bridgehead atoms. The average molecular weight is 578 g/mol. The number of esters is 1. The number of nitrogens with zero attached hydrogens (tertiary/aromatic N) is 1. The van der Waals surface area contributed by atoms with Gasteiger partial charge in [0.25, 0.3) is 11.5 Å². The Bertz CT molecular complexity index is 1500. The molecule has 1 unspecified atom stereocenters. The summed E-state index contributed by atoms with van der Waals surface area (Å²) in [6, 6.07) is 7.61. The van der Waals surface area contributed by atoms with E-state index in [9.17, 15) is 49.1 Å². The number of alkyl halides is 9. The van der Waals surface area contributed by atoms with Gasteiger partial charge in [-0.05, 0) is 35.0 Å². The van der Waals surface area contributed by atoms with Crippen LogP contribution in [-0.4, -0.2) is 30.4 Å². The lowest BCUT2D eigenvalue weighted by Gasteiger charge is -2.30. The van der Waals surface area contributed by atoms with Crippen molar-refractivity contribution in [3.63, 3.8) is 0 Å². The molecule has 6 nitrogen and oxygen atoms in total. The molecule has 1 heterocycles. The van der Waals surface area contributed by atoms with Crippen molar-refractivity contribution in [1.82, 2.24) is 0 Å². The molecule has 0 spiro atoms. The molecule has 3 aromatic rings. The van der Waals surface area contributed by atoms with E-state index in [0.717, 1.165) is 12.1 Å². The number of ether oxygens (including phenoxy) is 1. The maximum Gasteiger partial charge on any atom is 0.435 e. The fourth-order valence-electron chi connectivity index (χ4n) is 4.18. The molecular weight excluding hydrogens is 563 g/mol. The smallest absolute Gasteiger partial charge is 0.435 e. The summed E-state index contributed by atoms with van der Waals surface area (Å²) in [5, 5.41) is 3.70. The highest BCUT2D eigenvalue weighted by Crippen LogP contribution is 2.51. The molecule has 4 rings (SSSR count). The minimum atomic E-state index is -5.51. The maximum atomic E-state index is 14.4. The van der Waals surface area contributed by atoms with Crippen molar-refractivity contribution in [3.05, 3.63) is 82.4 Å². The van der Waals surface area contributed by atoms with Crippen LogP contribution in [0, 0.1) is 0 Å². The van der Waals surface area contributed by atoms with Gasteiger partial charge in [0.2, 0.25) is 0 Å². The molecular formula is C25H15F9N2O4. The molecule has 1 aliphatic rings. The van der Waals surface area contributed by atoms with Gasteiger partial charge in [-0.25, -0.2) is 4.79 Å². The predicted octanol–water partition coefficient (Wildman–Crippen LogP) is 6.10. The van der Waals surface area contributed by atoms with Gasteiger partial charge >= 0.3 is 24.5 Å². The third-order valence-electron chi connectivity index (χ3n) is 6.04. The average Bonchev–Trinajstić information content (AvgIpc) is 3.32. The lowest BCUT2D eigenvalue weighted by molar-refractivity contribution is -0.276. The Morgan fingerprint density at radius 2 is 1.45 bits per heavy atom. The number of hydrogen-bond acceptors (Lipinski definition) is 5. The first-order chi connectivity index (χ1) is 18.4. The summed E-state index contributed by atoms with van der Waals surface area (Å²) in [7, 11) is 0. The molecule has 212 valence electrons. The van der Waals surface area contributed by atoms with Crippen LogP contribution in [-0.2, 0) is 32.3 Å². The van der Waals surface area contributed by atoms with Crippen molar-refractivity contribution in [2.75, 3.05) is 6.61 Å². The Balaban J connectivity index is 1.83. The quantitative estimate of drug-likeness (QED) is 0.293. The second kappa shape index (κ2) is 9.71. The number of nitrogens with two attached hydrogens (primary N) is 1. The van der Waals surface area contributed by atoms with Crippen molar-refractivity contribution in [2.24, 2.45) is 10.9 Å². The van der Waals surface area contributed by atoms with Crippen LogP contribution in [0.3, 0.4) is 0 Å². The minimum absolute atomic E-state index is 0.0452. The normalized spacial score (nSPS) is 17.9. The van der Waals surface area contributed by atoms with E-state index in [1.807, 2.05) is 0 Å². The monoisotopic (exact) mass is 578 g/mol. The summed E-state index contributed by atoms with van der Waals surface area (Å²) < 4.78 is 128. The van der Waals surface area contributed by atoms with Gasteiger partial charge in [0.15, 0.2) is 6.61 Å². The number of hydrogen-bond donors (Lipinski definition) is 1. The highest BCUT2D eigenvalue weighted by atomic mass is 19.4. The number of fused-ring (bicyclic) bond motifs is 1. The first-order valence-electron chi connectivity index (χ1n) is 11.0. The molecule has 1 atom stereocenters. The highest BCUT2D eigenvalue weighted by Gasteiger charge is 2.63. The van der Waals surface area contributed by atoms with Crippen LogP contribution in [0.4, 0.5) is 39.5 Å². The molecule has 0 saturated carbocycles. The summed E-state index contributed by atoms with van der Waals surface area (Å²) >= 11 is 0. The lowest BCUT2D eigenvalue weighted by Crippen LogP contribution is -2.43. The number of amides is 1. The molecule has 0 saturated heterocycles. The van der Waals surface area contributed by atoms with Gasteiger partial charge in [-0.15, -0.1) is 0 Å². The summed E-state index contributed by atoms with van der Waals surface area (Å²) in [4.78, 5) is 28.0. The molecule has 3 aromatic carbocycles. The van der Waals surface area contributed by atoms with Crippen molar-refractivity contribution in [2.45, 2.75) is 30.6 Å².